The number of likely N-dealkylation sites (tertiary alicyclic amines) is 1. The number of benzene rings is 1. The van der Waals surface area contributed by atoms with Gasteiger partial charge in [-0.3, -0.25) is 9.69 Å². The van der Waals surface area contributed by atoms with Gasteiger partial charge < -0.3 is 11.1 Å². The van der Waals surface area contributed by atoms with Gasteiger partial charge in [0.25, 0.3) is 0 Å². The van der Waals surface area contributed by atoms with Gasteiger partial charge in [0, 0.05) is 38.1 Å². The van der Waals surface area contributed by atoms with Gasteiger partial charge in [0.2, 0.25) is 5.91 Å². The molecule has 4 heteroatoms. The second kappa shape index (κ2) is 6.16. The molecule has 0 radical (unpaired) electrons. The van der Waals surface area contributed by atoms with Crippen LogP contribution in [0.15, 0.2) is 24.3 Å². The van der Waals surface area contributed by atoms with E-state index in [9.17, 15) is 4.79 Å². The standard InChI is InChI=1S/C17H25N3O/c1-12-3-2-4-13(9-12)16(10-18)20-8-7-15-14(11-20)5-6-17(21)19-15/h2-4,9,14-16H,5-8,10-11,18H2,1H3,(H,19,21). The van der Waals surface area contributed by atoms with Crippen LogP contribution in [0.25, 0.3) is 0 Å². The van der Waals surface area contributed by atoms with Crippen LogP contribution >= 0.6 is 0 Å². The molecule has 21 heavy (non-hydrogen) atoms. The number of carbonyl (C=O) groups is 1. The highest BCUT2D eigenvalue weighted by Crippen LogP contribution is 2.30. The lowest BCUT2D eigenvalue weighted by atomic mass is 9.84. The Bertz CT molecular complexity index is 517. The van der Waals surface area contributed by atoms with E-state index in [1.54, 1.807) is 0 Å². The van der Waals surface area contributed by atoms with Gasteiger partial charge in [0.1, 0.15) is 0 Å². The molecular formula is C17H25N3O. The Balaban J connectivity index is 1.72. The maximum absolute atomic E-state index is 11.5. The van der Waals surface area contributed by atoms with Gasteiger partial charge in [-0.15, -0.1) is 0 Å². The highest BCUT2D eigenvalue weighted by molar-refractivity contribution is 5.77. The molecule has 0 bridgehead atoms. The Labute approximate surface area is 126 Å². The number of piperidine rings is 2. The molecule has 3 atom stereocenters. The minimum absolute atomic E-state index is 0.221. The van der Waals surface area contributed by atoms with Crippen LogP contribution in [0, 0.1) is 12.8 Å². The molecule has 3 rings (SSSR count). The van der Waals surface area contributed by atoms with E-state index in [-0.39, 0.29) is 5.91 Å². The molecule has 1 aromatic rings. The molecule has 2 aliphatic heterocycles. The van der Waals surface area contributed by atoms with Crippen LogP contribution in [0.4, 0.5) is 0 Å². The van der Waals surface area contributed by atoms with Crippen LogP contribution in [0.5, 0.6) is 0 Å². The summed E-state index contributed by atoms with van der Waals surface area (Å²) in [5, 5.41) is 3.15. The lowest BCUT2D eigenvalue weighted by Crippen LogP contribution is -2.55. The maximum Gasteiger partial charge on any atom is 0.220 e. The number of rotatable bonds is 3. The highest BCUT2D eigenvalue weighted by atomic mass is 16.1. The molecule has 2 fully saturated rings. The van der Waals surface area contributed by atoms with E-state index in [0.717, 1.165) is 25.9 Å². The highest BCUT2D eigenvalue weighted by Gasteiger charge is 2.35. The molecule has 1 amide bonds. The first-order valence-corrected chi connectivity index (χ1v) is 7.97. The van der Waals surface area contributed by atoms with Crippen molar-refractivity contribution in [1.29, 1.82) is 0 Å². The van der Waals surface area contributed by atoms with Crippen molar-refractivity contribution in [1.82, 2.24) is 10.2 Å². The van der Waals surface area contributed by atoms with Crippen molar-refractivity contribution in [2.45, 2.75) is 38.3 Å². The van der Waals surface area contributed by atoms with Crippen LogP contribution in [0.1, 0.15) is 36.4 Å². The van der Waals surface area contributed by atoms with E-state index < -0.39 is 0 Å². The quantitative estimate of drug-likeness (QED) is 0.887. The number of hydrogen-bond donors (Lipinski definition) is 2. The third-order valence-corrected chi connectivity index (χ3v) is 4.94. The van der Waals surface area contributed by atoms with Gasteiger partial charge in [-0.05, 0) is 31.2 Å². The molecule has 2 aliphatic rings. The molecule has 3 N–H and O–H groups in total. The SMILES string of the molecule is Cc1cccc(C(CN)N2CCC3NC(=O)CCC3C2)c1. The third-order valence-electron chi connectivity index (χ3n) is 4.94. The van der Waals surface area contributed by atoms with E-state index in [2.05, 4.69) is 41.4 Å². The Morgan fingerprint density at radius 3 is 3.05 bits per heavy atom. The fourth-order valence-electron chi connectivity index (χ4n) is 3.79. The predicted molar refractivity (Wildman–Crippen MR) is 83.8 cm³/mol. The van der Waals surface area contributed by atoms with Crippen molar-refractivity contribution in [3.8, 4) is 0 Å². The molecule has 0 aliphatic carbocycles. The number of nitrogens with zero attached hydrogens (tertiary/aromatic N) is 1. The summed E-state index contributed by atoms with van der Waals surface area (Å²) >= 11 is 0. The largest absolute Gasteiger partial charge is 0.353 e. The lowest BCUT2D eigenvalue weighted by Gasteiger charge is -2.44. The van der Waals surface area contributed by atoms with Crippen molar-refractivity contribution in [2.24, 2.45) is 11.7 Å². The second-order valence-electron chi connectivity index (χ2n) is 6.42. The number of amides is 1. The minimum Gasteiger partial charge on any atom is -0.353 e. The van der Waals surface area contributed by atoms with Crippen LogP contribution in [0.3, 0.4) is 0 Å². The zero-order chi connectivity index (χ0) is 14.8. The van der Waals surface area contributed by atoms with Gasteiger partial charge >= 0.3 is 0 Å². The average molecular weight is 287 g/mol. The van der Waals surface area contributed by atoms with Crippen LogP contribution in [0.2, 0.25) is 0 Å². The summed E-state index contributed by atoms with van der Waals surface area (Å²) in [7, 11) is 0. The Kier molecular flexibility index (Phi) is 4.27. The third kappa shape index (κ3) is 3.11. The van der Waals surface area contributed by atoms with Crippen LogP contribution in [-0.4, -0.2) is 36.5 Å². The molecule has 3 unspecified atom stereocenters. The summed E-state index contributed by atoms with van der Waals surface area (Å²) < 4.78 is 0. The van der Waals surface area contributed by atoms with Gasteiger partial charge in [0.15, 0.2) is 0 Å². The summed E-state index contributed by atoms with van der Waals surface area (Å²) in [4.78, 5) is 14.0. The summed E-state index contributed by atoms with van der Waals surface area (Å²) in [6.45, 7) is 4.82. The molecule has 1 aromatic carbocycles. The summed E-state index contributed by atoms with van der Waals surface area (Å²) in [5.74, 6) is 0.800. The summed E-state index contributed by atoms with van der Waals surface area (Å²) in [6, 6.07) is 9.33. The molecule has 114 valence electrons. The number of carbonyl (C=O) groups excluding carboxylic acids is 1. The zero-order valence-electron chi connectivity index (χ0n) is 12.7. The van der Waals surface area contributed by atoms with E-state index in [1.807, 2.05) is 0 Å². The van der Waals surface area contributed by atoms with E-state index in [0.29, 0.717) is 31.0 Å². The van der Waals surface area contributed by atoms with E-state index in [4.69, 9.17) is 5.73 Å². The van der Waals surface area contributed by atoms with Crippen molar-refractivity contribution in [3.63, 3.8) is 0 Å². The van der Waals surface area contributed by atoms with Crippen LogP contribution < -0.4 is 11.1 Å². The van der Waals surface area contributed by atoms with Gasteiger partial charge in [-0.2, -0.15) is 0 Å². The predicted octanol–water partition coefficient (Wildman–Crippen LogP) is 1.60. The molecule has 0 saturated carbocycles. The molecular weight excluding hydrogens is 262 g/mol. The monoisotopic (exact) mass is 287 g/mol. The Hall–Kier alpha value is -1.39. The number of nitrogens with one attached hydrogen (secondary N) is 1. The fourth-order valence-corrected chi connectivity index (χ4v) is 3.79. The normalized spacial score (nSPS) is 27.8. The average Bonchev–Trinajstić information content (AvgIpc) is 2.48. The fraction of sp³-hybridized carbons (Fsp3) is 0.588. The van der Waals surface area contributed by atoms with Gasteiger partial charge in [0.05, 0.1) is 0 Å². The maximum atomic E-state index is 11.5. The first-order valence-electron chi connectivity index (χ1n) is 7.97. The number of hydrogen-bond acceptors (Lipinski definition) is 3. The molecule has 0 aromatic heterocycles. The van der Waals surface area contributed by atoms with Crippen molar-refractivity contribution >= 4 is 5.91 Å². The summed E-state index contributed by atoms with van der Waals surface area (Å²) in [6.07, 6.45) is 2.73. The number of nitrogens with two attached hydrogens (primary N) is 1. The first-order chi connectivity index (χ1) is 10.2. The van der Waals surface area contributed by atoms with E-state index >= 15 is 0 Å². The minimum atomic E-state index is 0.221. The number of aryl methyl sites for hydroxylation is 1. The number of fused-ring (bicyclic) bond motifs is 1. The Morgan fingerprint density at radius 2 is 2.29 bits per heavy atom. The molecule has 4 nitrogen and oxygen atoms in total. The zero-order valence-corrected chi connectivity index (χ0v) is 12.7. The van der Waals surface area contributed by atoms with Crippen molar-refractivity contribution in [3.05, 3.63) is 35.4 Å². The van der Waals surface area contributed by atoms with Gasteiger partial charge in [-0.25, -0.2) is 0 Å². The molecule has 2 saturated heterocycles. The summed E-state index contributed by atoms with van der Waals surface area (Å²) in [5.41, 5.74) is 8.66. The molecule has 0 spiro atoms. The smallest absolute Gasteiger partial charge is 0.220 e. The van der Waals surface area contributed by atoms with Crippen molar-refractivity contribution in [2.75, 3.05) is 19.6 Å². The van der Waals surface area contributed by atoms with E-state index in [1.165, 1.54) is 11.1 Å². The van der Waals surface area contributed by atoms with Crippen LogP contribution in [-0.2, 0) is 4.79 Å². The topological polar surface area (TPSA) is 58.4 Å². The molecule has 2 heterocycles. The lowest BCUT2D eigenvalue weighted by molar-refractivity contribution is -0.125. The van der Waals surface area contributed by atoms with Gasteiger partial charge in [-0.1, -0.05) is 29.8 Å². The second-order valence-corrected chi connectivity index (χ2v) is 6.42. The van der Waals surface area contributed by atoms with Crippen molar-refractivity contribution < 1.29 is 4.79 Å². The Morgan fingerprint density at radius 1 is 1.43 bits per heavy atom. The first kappa shape index (κ1) is 14.5.